The van der Waals surface area contributed by atoms with Gasteiger partial charge in [0, 0.05) is 9.35 Å². The van der Waals surface area contributed by atoms with Crippen LogP contribution in [0, 0.1) is 5.82 Å². The van der Waals surface area contributed by atoms with E-state index in [4.69, 9.17) is 9.47 Å². The van der Waals surface area contributed by atoms with E-state index < -0.39 is 11.8 Å². The Morgan fingerprint density at radius 3 is 2.33 bits per heavy atom. The van der Waals surface area contributed by atoms with Crippen molar-refractivity contribution in [2.45, 2.75) is 6.42 Å². The van der Waals surface area contributed by atoms with Gasteiger partial charge in [0.25, 0.3) is 5.91 Å². The van der Waals surface area contributed by atoms with Gasteiger partial charge in [0.1, 0.15) is 5.82 Å². The van der Waals surface area contributed by atoms with E-state index in [0.29, 0.717) is 26.4 Å². The van der Waals surface area contributed by atoms with Crippen LogP contribution in [-0.4, -0.2) is 26.0 Å². The molecular weight excluding hydrogens is 475 g/mol. The summed E-state index contributed by atoms with van der Waals surface area (Å²) < 4.78 is 24.2. The minimum atomic E-state index is -0.437. The molecule has 0 aliphatic carbocycles. The molecule has 0 saturated heterocycles. The second kappa shape index (κ2) is 9.73. The largest absolute Gasteiger partial charge is 0.493 e. The lowest BCUT2D eigenvalue weighted by molar-refractivity contribution is -0.121. The first-order valence-electron chi connectivity index (χ1n) is 8.76. The Balaban J connectivity index is 1.60. The van der Waals surface area contributed by atoms with Gasteiger partial charge in [-0.25, -0.2) is 4.39 Å². The Hall–Kier alpha value is -2.91. The van der Waals surface area contributed by atoms with Crippen LogP contribution in [0.25, 0.3) is 10.4 Å². The van der Waals surface area contributed by atoms with Gasteiger partial charge >= 0.3 is 0 Å². The number of ether oxygens (including phenoxy) is 2. The zero-order valence-electron chi connectivity index (χ0n) is 16.1. The first-order chi connectivity index (χ1) is 14.4. The highest BCUT2D eigenvalue weighted by Crippen LogP contribution is 2.33. The highest BCUT2D eigenvalue weighted by molar-refractivity contribution is 9.10. The molecule has 0 fully saturated rings. The third-order valence-corrected chi connectivity index (χ3v) is 6.05. The summed E-state index contributed by atoms with van der Waals surface area (Å²) in [5.41, 5.74) is 6.29. The Labute approximate surface area is 185 Å². The highest BCUT2D eigenvalue weighted by atomic mass is 79.9. The number of nitrogens with one attached hydrogen (secondary N) is 2. The van der Waals surface area contributed by atoms with Crippen LogP contribution in [0.1, 0.15) is 15.2 Å². The molecule has 2 N–H and O–H groups in total. The van der Waals surface area contributed by atoms with Gasteiger partial charge < -0.3 is 9.47 Å². The van der Waals surface area contributed by atoms with E-state index in [-0.39, 0.29) is 12.2 Å². The lowest BCUT2D eigenvalue weighted by Crippen LogP contribution is -2.42. The van der Waals surface area contributed by atoms with Crippen LogP contribution >= 0.6 is 27.3 Å². The van der Waals surface area contributed by atoms with Crippen LogP contribution in [0.2, 0.25) is 0 Å². The maximum absolute atomic E-state index is 13.1. The number of rotatable bonds is 6. The second-order valence-electron chi connectivity index (χ2n) is 6.15. The lowest BCUT2D eigenvalue weighted by atomic mass is 10.1. The van der Waals surface area contributed by atoms with E-state index in [2.05, 4.69) is 26.8 Å². The summed E-state index contributed by atoms with van der Waals surface area (Å²) in [7, 11) is 3.04. The normalized spacial score (nSPS) is 10.4. The fourth-order valence-corrected chi connectivity index (χ4v) is 4.04. The number of halogens is 2. The highest BCUT2D eigenvalue weighted by Gasteiger charge is 2.15. The van der Waals surface area contributed by atoms with Crippen molar-refractivity contribution in [1.29, 1.82) is 0 Å². The smallest absolute Gasteiger partial charge is 0.279 e. The van der Waals surface area contributed by atoms with Crippen molar-refractivity contribution in [3.8, 4) is 21.9 Å². The van der Waals surface area contributed by atoms with Crippen LogP contribution in [0.5, 0.6) is 11.5 Å². The Bertz CT molecular complexity index is 1070. The molecule has 0 spiro atoms. The topological polar surface area (TPSA) is 76.7 Å². The number of carbonyl (C=O) groups is 2. The molecule has 0 aliphatic rings. The minimum absolute atomic E-state index is 0.0203. The summed E-state index contributed by atoms with van der Waals surface area (Å²) in [5, 5.41) is 0. The molecule has 1 aromatic heterocycles. The molecule has 0 unspecified atom stereocenters. The van der Waals surface area contributed by atoms with Gasteiger partial charge in [-0.3, -0.25) is 20.4 Å². The fourth-order valence-electron chi connectivity index (χ4n) is 2.67. The predicted octanol–water partition coefficient (Wildman–Crippen LogP) is 4.34. The number of benzene rings is 2. The van der Waals surface area contributed by atoms with Gasteiger partial charge in [0.15, 0.2) is 11.5 Å². The maximum Gasteiger partial charge on any atom is 0.279 e. The summed E-state index contributed by atoms with van der Waals surface area (Å²) in [5.74, 6) is -0.118. The van der Waals surface area contributed by atoms with E-state index in [1.807, 2.05) is 0 Å². The first-order valence-corrected chi connectivity index (χ1v) is 10.4. The molecule has 2 amide bonds. The Kier molecular flexibility index (Phi) is 7.07. The van der Waals surface area contributed by atoms with Crippen molar-refractivity contribution in [1.82, 2.24) is 10.9 Å². The van der Waals surface area contributed by atoms with Crippen molar-refractivity contribution in [2.24, 2.45) is 0 Å². The number of amides is 2. The number of thiophene rings is 1. The van der Waals surface area contributed by atoms with Gasteiger partial charge in [-0.15, -0.1) is 11.3 Å². The van der Waals surface area contributed by atoms with Crippen molar-refractivity contribution >= 4 is 39.1 Å². The third kappa shape index (κ3) is 5.17. The predicted molar refractivity (Wildman–Crippen MR) is 116 cm³/mol. The van der Waals surface area contributed by atoms with E-state index >= 15 is 0 Å². The summed E-state index contributed by atoms with van der Waals surface area (Å²) >= 11 is 4.64. The van der Waals surface area contributed by atoms with Crippen LogP contribution < -0.4 is 20.3 Å². The fraction of sp³-hybridized carbons (Fsp3) is 0.143. The molecular formula is C21H18BrFN2O4S. The van der Waals surface area contributed by atoms with E-state index in [1.165, 1.54) is 37.7 Å². The van der Waals surface area contributed by atoms with Crippen LogP contribution in [0.3, 0.4) is 0 Å². The molecule has 156 valence electrons. The van der Waals surface area contributed by atoms with Crippen LogP contribution in [-0.2, 0) is 11.2 Å². The zero-order valence-corrected chi connectivity index (χ0v) is 18.5. The average Bonchev–Trinajstić information content (AvgIpc) is 3.24. The second-order valence-corrected chi connectivity index (χ2v) is 8.09. The van der Waals surface area contributed by atoms with Crippen LogP contribution in [0.15, 0.2) is 53.0 Å². The Morgan fingerprint density at radius 1 is 1.00 bits per heavy atom. The summed E-state index contributed by atoms with van der Waals surface area (Å²) in [4.78, 5) is 25.8. The molecule has 9 heteroatoms. The molecule has 30 heavy (non-hydrogen) atoms. The SMILES string of the molecule is COc1cc(Br)c(CC(=O)NNC(=O)c2ccc(-c3ccc(F)cc3)s2)cc1OC. The summed E-state index contributed by atoms with van der Waals surface area (Å²) in [6, 6.07) is 12.8. The third-order valence-electron chi connectivity index (χ3n) is 4.18. The molecule has 0 bridgehead atoms. The van der Waals surface area contributed by atoms with Crippen LogP contribution in [0.4, 0.5) is 4.39 Å². The van der Waals surface area contributed by atoms with E-state index in [9.17, 15) is 14.0 Å². The standard InChI is InChI=1S/C21H18BrFN2O4S/c1-28-16-9-13(15(22)11-17(16)29-2)10-20(26)24-25-21(27)19-8-7-18(30-19)12-3-5-14(23)6-4-12/h3-9,11H,10H2,1-2H3,(H,24,26)(H,25,27). The van der Waals surface area contributed by atoms with Crippen molar-refractivity contribution in [2.75, 3.05) is 14.2 Å². The number of carbonyl (C=O) groups excluding carboxylic acids is 2. The number of hydrazine groups is 1. The van der Waals surface area contributed by atoms with Crippen molar-refractivity contribution < 1.29 is 23.5 Å². The molecule has 1 heterocycles. The molecule has 3 rings (SSSR count). The van der Waals surface area contributed by atoms with Gasteiger partial charge in [0.2, 0.25) is 5.91 Å². The van der Waals surface area contributed by atoms with Crippen molar-refractivity contribution in [3.05, 3.63) is 69.3 Å². The number of hydrogen-bond donors (Lipinski definition) is 2. The van der Waals surface area contributed by atoms with E-state index in [0.717, 1.165) is 10.4 Å². The molecule has 0 saturated carbocycles. The van der Waals surface area contributed by atoms with Gasteiger partial charge in [0.05, 0.1) is 25.5 Å². The van der Waals surface area contributed by atoms with Gasteiger partial charge in [-0.05, 0) is 47.5 Å². The first kappa shape index (κ1) is 21.8. The zero-order chi connectivity index (χ0) is 21.7. The minimum Gasteiger partial charge on any atom is -0.493 e. The average molecular weight is 493 g/mol. The maximum atomic E-state index is 13.1. The number of methoxy groups -OCH3 is 2. The van der Waals surface area contributed by atoms with Gasteiger partial charge in [-0.2, -0.15) is 0 Å². The quantitative estimate of drug-likeness (QED) is 0.501. The number of hydrogen-bond acceptors (Lipinski definition) is 5. The van der Waals surface area contributed by atoms with E-state index in [1.54, 1.807) is 36.4 Å². The van der Waals surface area contributed by atoms with Crippen molar-refractivity contribution in [3.63, 3.8) is 0 Å². The Morgan fingerprint density at radius 2 is 1.67 bits per heavy atom. The molecule has 0 aliphatic heterocycles. The molecule has 3 aromatic rings. The molecule has 2 aromatic carbocycles. The lowest BCUT2D eigenvalue weighted by Gasteiger charge is -2.12. The molecule has 0 atom stereocenters. The molecule has 6 nitrogen and oxygen atoms in total. The summed E-state index contributed by atoms with van der Waals surface area (Å²) in [6.07, 6.45) is 0.0203. The molecule has 0 radical (unpaired) electrons. The monoisotopic (exact) mass is 492 g/mol. The van der Waals surface area contributed by atoms with Gasteiger partial charge in [-0.1, -0.05) is 28.1 Å². The summed E-state index contributed by atoms with van der Waals surface area (Å²) in [6.45, 7) is 0.